The van der Waals surface area contributed by atoms with Crippen molar-refractivity contribution in [1.29, 1.82) is 0 Å². The lowest BCUT2D eigenvalue weighted by atomic mass is 10.2. The second kappa shape index (κ2) is 8.63. The normalized spacial score (nSPS) is 12.2. The van der Waals surface area contributed by atoms with Crippen molar-refractivity contribution >= 4 is 11.6 Å². The van der Waals surface area contributed by atoms with Crippen molar-refractivity contribution in [1.82, 2.24) is 0 Å². The molecule has 3 N–H and O–H groups in total. The summed E-state index contributed by atoms with van der Waals surface area (Å²) in [5, 5.41) is 2.79. The number of carbonyl (C=O) groups excluding carboxylic acids is 1. The van der Waals surface area contributed by atoms with Gasteiger partial charge in [0.1, 0.15) is 0 Å². The number of hydrogen-bond donors (Lipinski definition) is 2. The van der Waals surface area contributed by atoms with Crippen LogP contribution in [0.15, 0.2) is 24.3 Å². The van der Waals surface area contributed by atoms with Crippen LogP contribution in [0.3, 0.4) is 0 Å². The maximum atomic E-state index is 11.7. The largest absolute Gasteiger partial charge is 0.382 e. The molecule has 1 rings (SSSR count). The SMILES string of the molecule is CCC(N)C(=O)Nc1cccc(COCCOC)c1. The molecule has 0 aliphatic heterocycles. The first-order valence-electron chi connectivity index (χ1n) is 6.39. The van der Waals surface area contributed by atoms with Gasteiger partial charge in [0.05, 0.1) is 25.9 Å². The Morgan fingerprint density at radius 1 is 1.42 bits per heavy atom. The average Bonchev–Trinajstić information content (AvgIpc) is 2.43. The third-order valence-corrected chi connectivity index (χ3v) is 2.67. The van der Waals surface area contributed by atoms with Crippen molar-refractivity contribution in [3.63, 3.8) is 0 Å². The molecule has 1 aromatic rings. The summed E-state index contributed by atoms with van der Waals surface area (Å²) in [5.74, 6) is -0.167. The van der Waals surface area contributed by atoms with E-state index in [9.17, 15) is 4.79 Å². The number of amides is 1. The number of hydrogen-bond acceptors (Lipinski definition) is 4. The smallest absolute Gasteiger partial charge is 0.241 e. The first-order chi connectivity index (χ1) is 9.17. The van der Waals surface area contributed by atoms with Gasteiger partial charge in [-0.15, -0.1) is 0 Å². The predicted molar refractivity (Wildman–Crippen MR) is 74.9 cm³/mol. The van der Waals surface area contributed by atoms with Gasteiger partial charge in [-0.05, 0) is 24.1 Å². The molecule has 0 aliphatic rings. The van der Waals surface area contributed by atoms with E-state index in [0.717, 1.165) is 11.3 Å². The summed E-state index contributed by atoms with van der Waals surface area (Å²) < 4.78 is 10.3. The third kappa shape index (κ3) is 5.83. The minimum absolute atomic E-state index is 0.167. The first kappa shape index (κ1) is 15.6. The highest BCUT2D eigenvalue weighted by Gasteiger charge is 2.10. The molecule has 0 saturated carbocycles. The molecule has 1 aromatic carbocycles. The van der Waals surface area contributed by atoms with Gasteiger partial charge < -0.3 is 20.5 Å². The number of nitrogens with one attached hydrogen (secondary N) is 1. The van der Waals surface area contributed by atoms with Gasteiger partial charge in [0.25, 0.3) is 0 Å². The summed E-state index contributed by atoms with van der Waals surface area (Å²) in [6, 6.07) is 7.07. The Bertz CT molecular complexity index is 396. The van der Waals surface area contributed by atoms with Crippen molar-refractivity contribution < 1.29 is 14.3 Å². The standard InChI is InChI=1S/C14H22N2O3/c1-3-13(15)14(17)16-12-6-4-5-11(9-12)10-19-8-7-18-2/h4-6,9,13H,3,7-8,10,15H2,1-2H3,(H,16,17). The quantitative estimate of drug-likeness (QED) is 0.700. The molecule has 0 aliphatic carbocycles. The van der Waals surface area contributed by atoms with E-state index in [2.05, 4.69) is 5.32 Å². The fraction of sp³-hybridized carbons (Fsp3) is 0.500. The lowest BCUT2D eigenvalue weighted by molar-refractivity contribution is -0.117. The van der Waals surface area contributed by atoms with Crippen LogP contribution in [0.1, 0.15) is 18.9 Å². The Morgan fingerprint density at radius 2 is 2.21 bits per heavy atom. The van der Waals surface area contributed by atoms with E-state index in [1.165, 1.54) is 0 Å². The second-order valence-electron chi connectivity index (χ2n) is 4.25. The molecule has 0 radical (unpaired) electrons. The molecule has 5 nitrogen and oxygen atoms in total. The zero-order valence-corrected chi connectivity index (χ0v) is 11.5. The first-order valence-corrected chi connectivity index (χ1v) is 6.39. The monoisotopic (exact) mass is 266 g/mol. The fourth-order valence-electron chi connectivity index (χ4n) is 1.49. The van der Waals surface area contributed by atoms with E-state index in [1.54, 1.807) is 7.11 Å². The molecule has 0 spiro atoms. The second-order valence-corrected chi connectivity index (χ2v) is 4.25. The van der Waals surface area contributed by atoms with Crippen LogP contribution in [0, 0.1) is 0 Å². The highest BCUT2D eigenvalue weighted by atomic mass is 16.5. The molecule has 5 heteroatoms. The van der Waals surface area contributed by atoms with Crippen LogP contribution in [0.5, 0.6) is 0 Å². The molecule has 0 heterocycles. The number of carbonyl (C=O) groups is 1. The van der Waals surface area contributed by atoms with E-state index in [4.69, 9.17) is 15.2 Å². The van der Waals surface area contributed by atoms with Crippen LogP contribution in [-0.2, 0) is 20.9 Å². The Balaban J connectivity index is 2.49. The van der Waals surface area contributed by atoms with Gasteiger partial charge in [0.2, 0.25) is 5.91 Å². The third-order valence-electron chi connectivity index (χ3n) is 2.67. The maximum absolute atomic E-state index is 11.7. The summed E-state index contributed by atoms with van der Waals surface area (Å²) in [6.45, 7) is 3.49. The van der Waals surface area contributed by atoms with Crippen LogP contribution in [-0.4, -0.2) is 32.3 Å². The van der Waals surface area contributed by atoms with E-state index >= 15 is 0 Å². The summed E-state index contributed by atoms with van der Waals surface area (Å²) in [7, 11) is 1.64. The molecule has 19 heavy (non-hydrogen) atoms. The van der Waals surface area contributed by atoms with Gasteiger partial charge in [-0.2, -0.15) is 0 Å². The maximum Gasteiger partial charge on any atom is 0.241 e. The molecule has 0 bridgehead atoms. The number of methoxy groups -OCH3 is 1. The van der Waals surface area contributed by atoms with Crippen molar-refractivity contribution in [3.05, 3.63) is 29.8 Å². The molecular weight excluding hydrogens is 244 g/mol. The van der Waals surface area contributed by atoms with E-state index in [-0.39, 0.29) is 5.91 Å². The fourth-order valence-corrected chi connectivity index (χ4v) is 1.49. The lowest BCUT2D eigenvalue weighted by Crippen LogP contribution is -2.34. The minimum Gasteiger partial charge on any atom is -0.382 e. The molecule has 1 atom stereocenters. The molecule has 0 fully saturated rings. The molecule has 106 valence electrons. The summed E-state index contributed by atoms with van der Waals surface area (Å²) >= 11 is 0. The van der Waals surface area contributed by atoms with Crippen molar-refractivity contribution in [3.8, 4) is 0 Å². The molecular formula is C14H22N2O3. The van der Waals surface area contributed by atoms with Gasteiger partial charge in [-0.1, -0.05) is 19.1 Å². The average molecular weight is 266 g/mol. The highest BCUT2D eigenvalue weighted by molar-refractivity contribution is 5.94. The van der Waals surface area contributed by atoms with Gasteiger partial charge >= 0.3 is 0 Å². The number of benzene rings is 1. The van der Waals surface area contributed by atoms with Crippen LogP contribution < -0.4 is 11.1 Å². The topological polar surface area (TPSA) is 73.6 Å². The van der Waals surface area contributed by atoms with E-state index in [0.29, 0.717) is 26.2 Å². The summed E-state index contributed by atoms with van der Waals surface area (Å²) in [5.41, 5.74) is 7.40. The van der Waals surface area contributed by atoms with E-state index < -0.39 is 6.04 Å². The number of ether oxygens (including phenoxy) is 2. The molecule has 1 unspecified atom stereocenters. The van der Waals surface area contributed by atoms with Gasteiger partial charge in [-0.25, -0.2) is 0 Å². The van der Waals surface area contributed by atoms with Crippen LogP contribution in [0.25, 0.3) is 0 Å². The Morgan fingerprint density at radius 3 is 2.89 bits per heavy atom. The van der Waals surface area contributed by atoms with Crippen LogP contribution in [0.4, 0.5) is 5.69 Å². The zero-order chi connectivity index (χ0) is 14.1. The van der Waals surface area contributed by atoms with Crippen LogP contribution in [0.2, 0.25) is 0 Å². The summed E-state index contributed by atoms with van der Waals surface area (Å²) in [4.78, 5) is 11.7. The van der Waals surface area contributed by atoms with Crippen molar-refractivity contribution in [2.24, 2.45) is 5.73 Å². The Labute approximate surface area is 114 Å². The van der Waals surface area contributed by atoms with Gasteiger partial charge in [0, 0.05) is 12.8 Å². The highest BCUT2D eigenvalue weighted by Crippen LogP contribution is 2.12. The van der Waals surface area contributed by atoms with E-state index in [1.807, 2.05) is 31.2 Å². The Kier molecular flexibility index (Phi) is 7.10. The van der Waals surface area contributed by atoms with Crippen molar-refractivity contribution in [2.45, 2.75) is 26.0 Å². The number of nitrogens with two attached hydrogens (primary N) is 1. The molecule has 0 aromatic heterocycles. The van der Waals surface area contributed by atoms with Gasteiger partial charge in [0.15, 0.2) is 0 Å². The zero-order valence-electron chi connectivity index (χ0n) is 11.5. The van der Waals surface area contributed by atoms with Gasteiger partial charge in [-0.3, -0.25) is 4.79 Å². The minimum atomic E-state index is -0.471. The Hall–Kier alpha value is -1.43. The predicted octanol–water partition coefficient (Wildman–Crippen LogP) is 1.53. The number of anilines is 1. The molecule has 0 saturated heterocycles. The van der Waals surface area contributed by atoms with Crippen LogP contribution >= 0.6 is 0 Å². The summed E-state index contributed by atoms with van der Waals surface area (Å²) in [6.07, 6.45) is 0.617. The number of rotatable bonds is 8. The van der Waals surface area contributed by atoms with Crippen molar-refractivity contribution in [2.75, 3.05) is 25.6 Å². The lowest BCUT2D eigenvalue weighted by Gasteiger charge is -2.11. The molecule has 1 amide bonds.